The van der Waals surface area contributed by atoms with E-state index in [1.165, 1.54) is 12.1 Å². The van der Waals surface area contributed by atoms with Crippen molar-refractivity contribution in [3.8, 4) is 17.1 Å². The molecule has 0 bridgehead atoms. The van der Waals surface area contributed by atoms with Crippen LogP contribution in [0.15, 0.2) is 53.7 Å². The van der Waals surface area contributed by atoms with Gasteiger partial charge in [0.1, 0.15) is 11.6 Å². The third kappa shape index (κ3) is 4.74. The monoisotopic (exact) mass is 377 g/mol. The molecule has 1 heterocycles. The summed E-state index contributed by atoms with van der Waals surface area (Å²) in [5.41, 5.74) is 0.978. The van der Waals surface area contributed by atoms with E-state index in [2.05, 4.69) is 10.2 Å². The summed E-state index contributed by atoms with van der Waals surface area (Å²) in [7, 11) is 1.95. The topological polar surface area (TPSA) is 39.9 Å². The van der Waals surface area contributed by atoms with Crippen LogP contribution in [0, 0.1) is 5.82 Å². The highest BCUT2D eigenvalue weighted by Crippen LogP contribution is 2.24. The molecule has 0 aliphatic carbocycles. The van der Waals surface area contributed by atoms with Gasteiger partial charge in [-0.05, 0) is 55.0 Å². The van der Waals surface area contributed by atoms with Gasteiger partial charge < -0.3 is 9.30 Å². The Kier molecular flexibility index (Phi) is 5.94. The van der Waals surface area contributed by atoms with Gasteiger partial charge in [-0.2, -0.15) is 0 Å². The van der Waals surface area contributed by atoms with Crippen molar-refractivity contribution in [2.45, 2.75) is 11.6 Å². The summed E-state index contributed by atoms with van der Waals surface area (Å²) >= 11 is 7.54. The number of hydrogen-bond acceptors (Lipinski definition) is 4. The molecule has 130 valence electrons. The van der Waals surface area contributed by atoms with Gasteiger partial charge in [0.2, 0.25) is 0 Å². The zero-order valence-corrected chi connectivity index (χ0v) is 15.2. The Morgan fingerprint density at radius 1 is 1.08 bits per heavy atom. The summed E-state index contributed by atoms with van der Waals surface area (Å²) in [4.78, 5) is 0. The van der Waals surface area contributed by atoms with Crippen molar-refractivity contribution in [2.24, 2.45) is 7.05 Å². The molecule has 0 aliphatic heterocycles. The maximum absolute atomic E-state index is 12.8. The van der Waals surface area contributed by atoms with Gasteiger partial charge in [-0.3, -0.25) is 0 Å². The highest BCUT2D eigenvalue weighted by atomic mass is 35.5. The van der Waals surface area contributed by atoms with Crippen molar-refractivity contribution in [1.29, 1.82) is 0 Å². The number of ether oxygens (including phenoxy) is 1. The average Bonchev–Trinajstić information content (AvgIpc) is 2.98. The van der Waals surface area contributed by atoms with Gasteiger partial charge >= 0.3 is 0 Å². The second-order valence-corrected chi connectivity index (χ2v) is 6.87. The first kappa shape index (κ1) is 17.8. The van der Waals surface area contributed by atoms with E-state index in [4.69, 9.17) is 16.3 Å². The van der Waals surface area contributed by atoms with E-state index in [0.29, 0.717) is 17.4 Å². The van der Waals surface area contributed by atoms with Crippen LogP contribution in [-0.4, -0.2) is 27.1 Å². The molecule has 0 atom stereocenters. The van der Waals surface area contributed by atoms with Gasteiger partial charge in [-0.1, -0.05) is 23.4 Å². The van der Waals surface area contributed by atoms with E-state index in [1.54, 1.807) is 23.9 Å². The zero-order valence-electron chi connectivity index (χ0n) is 13.7. The number of thioether (sulfide) groups is 1. The molecule has 0 aliphatic rings. The molecule has 7 heteroatoms. The summed E-state index contributed by atoms with van der Waals surface area (Å²) in [5, 5.41) is 10.0. The number of aromatic nitrogens is 3. The smallest absolute Gasteiger partial charge is 0.191 e. The van der Waals surface area contributed by atoms with Crippen molar-refractivity contribution in [2.75, 3.05) is 12.4 Å². The molecule has 0 fully saturated rings. The average molecular weight is 378 g/mol. The molecule has 2 aromatic carbocycles. The van der Waals surface area contributed by atoms with E-state index in [-0.39, 0.29) is 5.82 Å². The first-order chi connectivity index (χ1) is 12.1. The number of nitrogens with zero attached hydrogens (tertiary/aromatic N) is 3. The third-order valence-electron chi connectivity index (χ3n) is 3.54. The Balaban J connectivity index is 1.49. The van der Waals surface area contributed by atoms with E-state index in [9.17, 15) is 4.39 Å². The Morgan fingerprint density at radius 2 is 1.80 bits per heavy atom. The fourth-order valence-corrected chi connectivity index (χ4v) is 3.18. The van der Waals surface area contributed by atoms with Crippen molar-refractivity contribution in [3.05, 3.63) is 59.4 Å². The molecule has 0 unspecified atom stereocenters. The van der Waals surface area contributed by atoms with Gasteiger partial charge in [0, 0.05) is 23.4 Å². The van der Waals surface area contributed by atoms with Crippen LogP contribution in [-0.2, 0) is 7.05 Å². The standard InChI is InChI=1S/C18H17ClFN3OS/c1-23-17(13-3-5-14(19)6-4-13)21-22-18(23)25-12-2-11-24-16-9-7-15(20)8-10-16/h3-10H,2,11-12H2,1H3. The third-order valence-corrected chi connectivity index (χ3v) is 4.90. The van der Waals surface area contributed by atoms with E-state index in [1.807, 2.05) is 35.9 Å². The predicted octanol–water partition coefficient (Wildman–Crippen LogP) is 4.84. The summed E-state index contributed by atoms with van der Waals surface area (Å²) in [5.74, 6) is 2.08. The Bertz CT molecular complexity index is 821. The van der Waals surface area contributed by atoms with Crippen LogP contribution in [0.1, 0.15) is 6.42 Å². The lowest BCUT2D eigenvalue weighted by Crippen LogP contribution is -2.00. The molecule has 3 aromatic rings. The van der Waals surface area contributed by atoms with Gasteiger partial charge in [-0.25, -0.2) is 4.39 Å². The van der Waals surface area contributed by atoms with E-state index >= 15 is 0 Å². The van der Waals surface area contributed by atoms with Crippen LogP contribution >= 0.6 is 23.4 Å². The molecule has 1 aromatic heterocycles. The molecule has 0 saturated carbocycles. The first-order valence-electron chi connectivity index (χ1n) is 7.80. The van der Waals surface area contributed by atoms with Gasteiger partial charge in [0.05, 0.1) is 6.61 Å². The van der Waals surface area contributed by atoms with Crippen molar-refractivity contribution < 1.29 is 9.13 Å². The summed E-state index contributed by atoms with van der Waals surface area (Å²) in [6.07, 6.45) is 0.852. The number of halogens is 2. The van der Waals surface area contributed by atoms with Gasteiger partial charge in [-0.15, -0.1) is 10.2 Å². The first-order valence-corrected chi connectivity index (χ1v) is 9.16. The maximum atomic E-state index is 12.8. The molecule has 0 N–H and O–H groups in total. The number of benzene rings is 2. The quantitative estimate of drug-likeness (QED) is 0.436. The van der Waals surface area contributed by atoms with Crippen molar-refractivity contribution in [1.82, 2.24) is 14.8 Å². The summed E-state index contributed by atoms with van der Waals surface area (Å²) in [6, 6.07) is 13.6. The maximum Gasteiger partial charge on any atom is 0.191 e. The number of hydrogen-bond donors (Lipinski definition) is 0. The van der Waals surface area contributed by atoms with Crippen molar-refractivity contribution >= 4 is 23.4 Å². The Hall–Kier alpha value is -2.05. The normalized spacial score (nSPS) is 10.8. The minimum atomic E-state index is -0.262. The van der Waals surface area contributed by atoms with Crippen LogP contribution < -0.4 is 4.74 Å². The summed E-state index contributed by atoms with van der Waals surface area (Å²) < 4.78 is 20.4. The minimum absolute atomic E-state index is 0.262. The molecule has 0 amide bonds. The fourth-order valence-electron chi connectivity index (χ4n) is 2.23. The molecule has 0 saturated heterocycles. The van der Waals surface area contributed by atoms with Crippen molar-refractivity contribution in [3.63, 3.8) is 0 Å². The zero-order chi connectivity index (χ0) is 17.6. The van der Waals surface area contributed by atoms with Crippen LogP contribution in [0.25, 0.3) is 11.4 Å². The number of rotatable bonds is 7. The molecule has 0 radical (unpaired) electrons. The van der Waals surface area contributed by atoms with Crippen LogP contribution in [0.5, 0.6) is 5.75 Å². The minimum Gasteiger partial charge on any atom is -0.494 e. The largest absolute Gasteiger partial charge is 0.494 e. The fraction of sp³-hybridized carbons (Fsp3) is 0.222. The molecular formula is C18H17ClFN3OS. The molecule has 25 heavy (non-hydrogen) atoms. The highest BCUT2D eigenvalue weighted by Gasteiger charge is 2.11. The highest BCUT2D eigenvalue weighted by molar-refractivity contribution is 7.99. The van der Waals surface area contributed by atoms with Crippen LogP contribution in [0.3, 0.4) is 0 Å². The van der Waals surface area contributed by atoms with E-state index in [0.717, 1.165) is 28.7 Å². The lowest BCUT2D eigenvalue weighted by atomic mass is 10.2. The molecule has 3 rings (SSSR count). The lowest BCUT2D eigenvalue weighted by Gasteiger charge is -2.06. The van der Waals surface area contributed by atoms with Crippen LogP contribution in [0.2, 0.25) is 5.02 Å². The van der Waals surface area contributed by atoms with Crippen LogP contribution in [0.4, 0.5) is 4.39 Å². The summed E-state index contributed by atoms with van der Waals surface area (Å²) in [6.45, 7) is 0.570. The second kappa shape index (κ2) is 8.36. The van der Waals surface area contributed by atoms with Gasteiger partial charge in [0.25, 0.3) is 0 Å². The van der Waals surface area contributed by atoms with E-state index < -0.39 is 0 Å². The lowest BCUT2D eigenvalue weighted by molar-refractivity contribution is 0.318. The predicted molar refractivity (Wildman–Crippen MR) is 98.7 cm³/mol. The molecule has 0 spiro atoms. The second-order valence-electron chi connectivity index (χ2n) is 5.38. The Morgan fingerprint density at radius 3 is 2.52 bits per heavy atom. The molecule has 4 nitrogen and oxygen atoms in total. The Labute approximate surface area is 155 Å². The van der Waals surface area contributed by atoms with Gasteiger partial charge in [0.15, 0.2) is 11.0 Å². The molecular weight excluding hydrogens is 361 g/mol. The SMILES string of the molecule is Cn1c(SCCCOc2ccc(F)cc2)nnc1-c1ccc(Cl)cc1.